The molecule has 37 heavy (non-hydrogen) atoms. The van der Waals surface area contributed by atoms with Crippen molar-refractivity contribution in [2.75, 3.05) is 24.9 Å². The van der Waals surface area contributed by atoms with Gasteiger partial charge in [0.15, 0.2) is 15.4 Å². The molecule has 4 rings (SSSR count). The SMILES string of the molecule is COc1ccc(C(=O)NC(=S)Nc2ccc3nc(NC(=S)NC(=O)c4ccc(OC)cc4)sc3c2)cc1. The number of hydrogen-bond acceptors (Lipinski definition) is 8. The highest BCUT2D eigenvalue weighted by Gasteiger charge is 2.12. The van der Waals surface area contributed by atoms with Gasteiger partial charge in [0.05, 0.1) is 24.4 Å². The Hall–Kier alpha value is -4.13. The molecule has 0 radical (unpaired) electrons. The first-order valence-electron chi connectivity index (χ1n) is 10.8. The number of nitrogens with zero attached hydrogens (tertiary/aromatic N) is 1. The predicted molar refractivity (Wildman–Crippen MR) is 153 cm³/mol. The molecule has 0 aliphatic rings. The molecule has 9 nitrogen and oxygen atoms in total. The molecule has 0 fully saturated rings. The zero-order valence-corrected chi connectivity index (χ0v) is 22.1. The number of carbonyl (C=O) groups excluding carboxylic acids is 2. The lowest BCUT2D eigenvalue weighted by Gasteiger charge is -2.10. The molecule has 0 atom stereocenters. The minimum Gasteiger partial charge on any atom is -0.497 e. The smallest absolute Gasteiger partial charge is 0.257 e. The first kappa shape index (κ1) is 25.9. The molecule has 0 saturated carbocycles. The van der Waals surface area contributed by atoms with Crippen LogP contribution in [0.4, 0.5) is 10.8 Å². The van der Waals surface area contributed by atoms with Crippen molar-refractivity contribution in [3.8, 4) is 11.5 Å². The Kier molecular flexibility index (Phi) is 8.23. The van der Waals surface area contributed by atoms with Crippen molar-refractivity contribution in [1.82, 2.24) is 15.6 Å². The average Bonchev–Trinajstić information content (AvgIpc) is 3.29. The molecule has 12 heteroatoms. The largest absolute Gasteiger partial charge is 0.497 e. The second-order valence-electron chi connectivity index (χ2n) is 7.48. The molecule has 0 aliphatic carbocycles. The Morgan fingerprint density at radius 1 is 0.757 bits per heavy atom. The van der Waals surface area contributed by atoms with Gasteiger partial charge in [0, 0.05) is 16.8 Å². The molecule has 1 heterocycles. The Bertz CT molecular complexity index is 1400. The molecule has 0 saturated heterocycles. The lowest BCUT2D eigenvalue weighted by Crippen LogP contribution is -2.34. The highest BCUT2D eigenvalue weighted by molar-refractivity contribution is 7.80. The number of thiazole rings is 1. The predicted octanol–water partition coefficient (Wildman–Crippen LogP) is 4.57. The van der Waals surface area contributed by atoms with Crippen LogP contribution in [0, 0.1) is 0 Å². The molecule has 0 bridgehead atoms. The van der Waals surface area contributed by atoms with Crippen molar-refractivity contribution < 1.29 is 19.1 Å². The molecule has 4 N–H and O–H groups in total. The van der Waals surface area contributed by atoms with Crippen LogP contribution in [0.5, 0.6) is 11.5 Å². The Morgan fingerprint density at radius 2 is 1.27 bits per heavy atom. The van der Waals surface area contributed by atoms with E-state index in [-0.39, 0.29) is 22.0 Å². The van der Waals surface area contributed by atoms with Crippen LogP contribution in [0.3, 0.4) is 0 Å². The Balaban J connectivity index is 1.34. The number of ether oxygens (including phenoxy) is 2. The van der Waals surface area contributed by atoms with Gasteiger partial charge < -0.3 is 20.1 Å². The summed E-state index contributed by atoms with van der Waals surface area (Å²) in [6.45, 7) is 0. The van der Waals surface area contributed by atoms with Gasteiger partial charge in [-0.25, -0.2) is 4.98 Å². The van der Waals surface area contributed by atoms with E-state index in [1.165, 1.54) is 11.3 Å². The number of amides is 2. The van der Waals surface area contributed by atoms with E-state index >= 15 is 0 Å². The minimum atomic E-state index is -0.349. The molecular weight excluding hydrogens is 531 g/mol. The van der Waals surface area contributed by atoms with Gasteiger partial charge in [0.2, 0.25) is 0 Å². The third-order valence-corrected chi connectivity index (χ3v) is 6.37. The molecule has 4 aromatic rings. The number of thiocarbonyl (C=S) groups is 2. The van der Waals surface area contributed by atoms with Crippen LogP contribution < -0.4 is 30.7 Å². The molecule has 3 aromatic carbocycles. The van der Waals surface area contributed by atoms with Gasteiger partial charge in [-0.3, -0.25) is 20.2 Å². The monoisotopic (exact) mass is 551 g/mol. The standard InChI is InChI=1S/C25H21N5O4S3/c1-33-17-8-3-14(4-9-17)21(31)28-23(35)26-16-7-12-19-20(13-16)37-25(27-19)30-24(36)29-22(32)15-5-10-18(34-2)11-6-15/h3-13H,1-2H3,(H2,26,28,31,35)(H2,27,29,30,32,36). The highest BCUT2D eigenvalue weighted by Crippen LogP contribution is 2.28. The van der Waals surface area contributed by atoms with E-state index in [0.29, 0.717) is 33.4 Å². The Labute approximate surface area is 227 Å². The van der Waals surface area contributed by atoms with Crippen LogP contribution in [0.2, 0.25) is 0 Å². The molecular formula is C25H21N5O4S3. The topological polar surface area (TPSA) is 114 Å². The van der Waals surface area contributed by atoms with Crippen molar-refractivity contribution in [2.24, 2.45) is 0 Å². The van der Waals surface area contributed by atoms with Crippen LogP contribution in [0.25, 0.3) is 10.2 Å². The molecule has 188 valence electrons. The molecule has 0 aliphatic heterocycles. The van der Waals surface area contributed by atoms with Crippen LogP contribution in [-0.4, -0.2) is 41.2 Å². The summed E-state index contributed by atoms with van der Waals surface area (Å²) < 4.78 is 11.0. The summed E-state index contributed by atoms with van der Waals surface area (Å²) in [6.07, 6.45) is 0. The van der Waals surface area contributed by atoms with Crippen molar-refractivity contribution in [3.05, 3.63) is 77.9 Å². The zero-order chi connectivity index (χ0) is 26.4. The van der Waals surface area contributed by atoms with Gasteiger partial charge in [-0.1, -0.05) is 11.3 Å². The summed E-state index contributed by atoms with van der Waals surface area (Å²) in [5.41, 5.74) is 2.31. The number of rotatable bonds is 6. The third-order valence-electron chi connectivity index (χ3n) is 5.03. The first-order chi connectivity index (χ1) is 17.8. The number of nitrogens with one attached hydrogen (secondary N) is 4. The fourth-order valence-corrected chi connectivity index (χ4v) is 4.56. The number of benzene rings is 3. The van der Waals surface area contributed by atoms with Gasteiger partial charge >= 0.3 is 0 Å². The van der Waals surface area contributed by atoms with E-state index in [0.717, 1.165) is 10.2 Å². The molecule has 1 aromatic heterocycles. The zero-order valence-electron chi connectivity index (χ0n) is 19.7. The number of carbonyl (C=O) groups is 2. The van der Waals surface area contributed by atoms with E-state index < -0.39 is 0 Å². The third kappa shape index (κ3) is 6.76. The molecule has 0 spiro atoms. The number of hydrogen-bond donors (Lipinski definition) is 4. The number of anilines is 2. The summed E-state index contributed by atoms with van der Waals surface area (Å²) in [5.74, 6) is 0.624. The van der Waals surface area contributed by atoms with Gasteiger partial charge in [-0.05, 0) is 91.2 Å². The van der Waals surface area contributed by atoms with Crippen molar-refractivity contribution in [2.45, 2.75) is 0 Å². The number of aromatic nitrogens is 1. The minimum absolute atomic E-state index is 0.126. The van der Waals surface area contributed by atoms with Crippen LogP contribution in [-0.2, 0) is 0 Å². The van der Waals surface area contributed by atoms with Gasteiger partial charge in [-0.2, -0.15) is 0 Å². The maximum Gasteiger partial charge on any atom is 0.257 e. The van der Waals surface area contributed by atoms with Crippen molar-refractivity contribution in [1.29, 1.82) is 0 Å². The number of fused-ring (bicyclic) bond motifs is 1. The van der Waals surface area contributed by atoms with Crippen LogP contribution in [0.1, 0.15) is 20.7 Å². The molecule has 2 amide bonds. The fourth-order valence-electron chi connectivity index (χ4n) is 3.18. The number of methoxy groups -OCH3 is 2. The second kappa shape index (κ2) is 11.7. The summed E-state index contributed by atoms with van der Waals surface area (Å²) in [4.78, 5) is 29.3. The van der Waals surface area contributed by atoms with Gasteiger partial charge in [0.25, 0.3) is 11.8 Å². The van der Waals surface area contributed by atoms with E-state index in [9.17, 15) is 9.59 Å². The lowest BCUT2D eigenvalue weighted by molar-refractivity contribution is 0.0969. The highest BCUT2D eigenvalue weighted by atomic mass is 32.1. The van der Waals surface area contributed by atoms with Crippen LogP contribution >= 0.6 is 35.8 Å². The summed E-state index contributed by atoms with van der Waals surface area (Å²) in [5, 5.41) is 12.0. The lowest BCUT2D eigenvalue weighted by atomic mass is 10.2. The van der Waals surface area contributed by atoms with E-state index in [4.69, 9.17) is 33.9 Å². The maximum absolute atomic E-state index is 12.4. The fraction of sp³-hybridized carbons (Fsp3) is 0.0800. The summed E-state index contributed by atoms with van der Waals surface area (Å²) in [7, 11) is 3.12. The maximum atomic E-state index is 12.4. The van der Waals surface area contributed by atoms with E-state index in [1.807, 2.05) is 12.1 Å². The van der Waals surface area contributed by atoms with Crippen molar-refractivity contribution >= 4 is 78.8 Å². The van der Waals surface area contributed by atoms with Crippen LogP contribution in [0.15, 0.2) is 66.7 Å². The van der Waals surface area contributed by atoms with E-state index in [1.54, 1.807) is 68.8 Å². The quantitative estimate of drug-likeness (QED) is 0.256. The average molecular weight is 552 g/mol. The first-order valence-corrected chi connectivity index (χ1v) is 12.4. The summed E-state index contributed by atoms with van der Waals surface area (Å²) >= 11 is 11.9. The van der Waals surface area contributed by atoms with Gasteiger partial charge in [0.1, 0.15) is 11.5 Å². The van der Waals surface area contributed by atoms with Crippen molar-refractivity contribution in [3.63, 3.8) is 0 Å². The normalized spacial score (nSPS) is 10.3. The Morgan fingerprint density at radius 3 is 1.78 bits per heavy atom. The van der Waals surface area contributed by atoms with Gasteiger partial charge in [-0.15, -0.1) is 0 Å². The van der Waals surface area contributed by atoms with E-state index in [2.05, 4.69) is 26.3 Å². The summed E-state index contributed by atoms with van der Waals surface area (Å²) in [6, 6.07) is 18.8. The molecule has 0 unspecified atom stereocenters. The second-order valence-corrected chi connectivity index (χ2v) is 9.32.